The topological polar surface area (TPSA) is 54.5 Å². The van der Waals surface area contributed by atoms with Gasteiger partial charge in [-0.1, -0.05) is 35.4 Å². The summed E-state index contributed by atoms with van der Waals surface area (Å²) in [6.07, 6.45) is 1.55. The molecule has 1 aliphatic rings. The van der Waals surface area contributed by atoms with E-state index >= 15 is 0 Å². The molecule has 0 fully saturated rings. The lowest BCUT2D eigenvalue weighted by Gasteiger charge is -2.28. The normalized spacial score (nSPS) is 18.5. The molecule has 4 nitrogen and oxygen atoms in total. The zero-order chi connectivity index (χ0) is 17.3. The maximum Gasteiger partial charge on any atom is 0.258 e. The first-order chi connectivity index (χ1) is 11.4. The summed E-state index contributed by atoms with van der Waals surface area (Å²) in [5.41, 5.74) is 2.04. The number of amides is 1. The molecule has 24 heavy (non-hydrogen) atoms. The third-order valence-corrected chi connectivity index (χ3v) is 5.43. The molecule has 0 aromatic heterocycles. The van der Waals surface area contributed by atoms with Crippen molar-refractivity contribution < 1.29 is 13.2 Å². The third kappa shape index (κ3) is 3.52. The van der Waals surface area contributed by atoms with Gasteiger partial charge in [0.25, 0.3) is 5.91 Å². The van der Waals surface area contributed by atoms with E-state index < -0.39 is 15.9 Å². The maximum atomic E-state index is 13.1. The van der Waals surface area contributed by atoms with Crippen LogP contribution in [0, 0.1) is 6.92 Å². The lowest BCUT2D eigenvalue weighted by atomic mass is 10.1. The molecule has 1 unspecified atom stereocenters. The highest BCUT2D eigenvalue weighted by Gasteiger charge is 2.32. The molecule has 0 N–H and O–H groups in total. The van der Waals surface area contributed by atoms with Crippen LogP contribution in [0.2, 0.25) is 5.02 Å². The first-order valence-corrected chi connectivity index (χ1v) is 9.52. The van der Waals surface area contributed by atoms with Gasteiger partial charge in [-0.05, 0) is 43.3 Å². The largest absolute Gasteiger partial charge is 0.300 e. The summed E-state index contributed by atoms with van der Waals surface area (Å²) in [7, 11) is -3.29. The fraction of sp³-hybridized carbons (Fsp3) is 0.167. The molecule has 1 heterocycles. The molecule has 0 radical (unpaired) electrons. The number of anilines is 1. The Kier molecular flexibility index (Phi) is 4.47. The van der Waals surface area contributed by atoms with E-state index in [1.165, 1.54) is 10.3 Å². The number of sulfone groups is 1. The monoisotopic (exact) mass is 361 g/mol. The predicted octanol–water partition coefficient (Wildman–Crippen LogP) is 3.61. The molecule has 2 aromatic carbocycles. The third-order valence-electron chi connectivity index (χ3n) is 3.81. The summed E-state index contributed by atoms with van der Waals surface area (Å²) in [6.45, 7) is 1.90. The summed E-state index contributed by atoms with van der Waals surface area (Å²) >= 11 is 6.05. The highest BCUT2D eigenvalue weighted by atomic mass is 35.5. The second-order valence-corrected chi connectivity index (χ2v) is 8.12. The molecule has 0 aliphatic carbocycles. The number of carbonyl (C=O) groups is 1. The summed E-state index contributed by atoms with van der Waals surface area (Å²) < 4.78 is 23.6. The minimum atomic E-state index is -3.29. The number of nitrogens with zero attached hydrogens (tertiary/aromatic N) is 1. The first kappa shape index (κ1) is 16.7. The fourth-order valence-electron chi connectivity index (χ4n) is 2.72. The van der Waals surface area contributed by atoms with E-state index in [1.54, 1.807) is 48.5 Å². The Labute approximate surface area is 146 Å². The van der Waals surface area contributed by atoms with Crippen LogP contribution in [0.4, 0.5) is 5.69 Å². The molecule has 0 saturated heterocycles. The second-order valence-electron chi connectivity index (χ2n) is 5.75. The molecule has 2 aromatic rings. The van der Waals surface area contributed by atoms with Crippen LogP contribution >= 0.6 is 11.6 Å². The van der Waals surface area contributed by atoms with E-state index in [0.717, 1.165) is 5.56 Å². The summed E-state index contributed by atoms with van der Waals surface area (Å²) in [5.74, 6) is -0.385. The SMILES string of the molecule is Cc1cccc(C(=O)N(c2cccc(Cl)c2)C2C=CS(=O)(=O)C2)c1. The van der Waals surface area contributed by atoms with Gasteiger partial charge < -0.3 is 4.90 Å². The highest BCUT2D eigenvalue weighted by Crippen LogP contribution is 2.27. The molecule has 0 saturated carbocycles. The Morgan fingerprint density at radius 1 is 1.17 bits per heavy atom. The molecule has 0 spiro atoms. The number of hydrogen-bond acceptors (Lipinski definition) is 3. The van der Waals surface area contributed by atoms with E-state index in [-0.39, 0.29) is 11.7 Å². The first-order valence-electron chi connectivity index (χ1n) is 7.42. The minimum Gasteiger partial charge on any atom is -0.300 e. The summed E-state index contributed by atoms with van der Waals surface area (Å²) in [6, 6.07) is 13.5. The molecular weight excluding hydrogens is 346 g/mol. The van der Waals surface area contributed by atoms with Gasteiger partial charge in [0.2, 0.25) is 0 Å². The van der Waals surface area contributed by atoms with Crippen molar-refractivity contribution in [1.29, 1.82) is 0 Å². The van der Waals surface area contributed by atoms with Crippen LogP contribution in [0.25, 0.3) is 0 Å². The lowest BCUT2D eigenvalue weighted by Crippen LogP contribution is -2.41. The minimum absolute atomic E-state index is 0.128. The average Bonchev–Trinajstić information content (AvgIpc) is 2.87. The van der Waals surface area contributed by atoms with E-state index in [2.05, 4.69) is 0 Å². The van der Waals surface area contributed by atoms with Crippen molar-refractivity contribution in [2.75, 3.05) is 10.7 Å². The van der Waals surface area contributed by atoms with Gasteiger partial charge >= 0.3 is 0 Å². The van der Waals surface area contributed by atoms with Crippen molar-refractivity contribution in [1.82, 2.24) is 0 Å². The van der Waals surface area contributed by atoms with Crippen LogP contribution in [0.5, 0.6) is 0 Å². The van der Waals surface area contributed by atoms with Crippen molar-refractivity contribution in [3.63, 3.8) is 0 Å². The van der Waals surface area contributed by atoms with Gasteiger partial charge in [-0.2, -0.15) is 0 Å². The molecule has 1 atom stereocenters. The Balaban J connectivity index is 2.05. The van der Waals surface area contributed by atoms with Gasteiger partial charge in [-0.25, -0.2) is 8.42 Å². The Bertz CT molecular complexity index is 921. The maximum absolute atomic E-state index is 13.1. The standard InChI is InChI=1S/C18H16ClNO3S/c1-13-4-2-5-14(10-13)18(21)20(16-7-3-6-15(19)11-16)17-8-9-24(22,23)12-17/h2-11,17H,12H2,1H3. The van der Waals surface area contributed by atoms with Crippen LogP contribution < -0.4 is 4.90 Å². The molecular formula is C18H16ClNO3S. The fourth-order valence-corrected chi connectivity index (χ4v) is 4.18. The quantitative estimate of drug-likeness (QED) is 0.839. The number of halogens is 1. The number of aryl methyl sites for hydroxylation is 1. The molecule has 1 amide bonds. The summed E-state index contributed by atoms with van der Waals surface area (Å²) in [5, 5.41) is 1.65. The van der Waals surface area contributed by atoms with Crippen LogP contribution in [-0.4, -0.2) is 26.1 Å². The number of benzene rings is 2. The van der Waals surface area contributed by atoms with Crippen molar-refractivity contribution in [2.45, 2.75) is 13.0 Å². The number of hydrogen-bond donors (Lipinski definition) is 0. The second kappa shape index (κ2) is 6.42. The number of rotatable bonds is 3. The van der Waals surface area contributed by atoms with Crippen LogP contribution in [0.3, 0.4) is 0 Å². The average molecular weight is 362 g/mol. The van der Waals surface area contributed by atoms with Crippen molar-refractivity contribution >= 4 is 33.0 Å². The van der Waals surface area contributed by atoms with Crippen molar-refractivity contribution in [3.05, 3.63) is 76.2 Å². The van der Waals surface area contributed by atoms with Crippen LogP contribution in [-0.2, 0) is 9.84 Å². The smallest absolute Gasteiger partial charge is 0.258 e. The van der Waals surface area contributed by atoms with Gasteiger partial charge in [-0.15, -0.1) is 0 Å². The zero-order valence-corrected chi connectivity index (χ0v) is 14.6. The van der Waals surface area contributed by atoms with Crippen molar-refractivity contribution in [3.8, 4) is 0 Å². The Hall–Kier alpha value is -2.11. The summed E-state index contributed by atoms with van der Waals surface area (Å²) in [4.78, 5) is 14.5. The Morgan fingerprint density at radius 2 is 1.92 bits per heavy atom. The van der Waals surface area contributed by atoms with Gasteiger partial charge in [0.05, 0.1) is 11.8 Å². The zero-order valence-electron chi connectivity index (χ0n) is 13.0. The van der Waals surface area contributed by atoms with Crippen LogP contribution in [0.1, 0.15) is 15.9 Å². The predicted molar refractivity (Wildman–Crippen MR) is 96.2 cm³/mol. The van der Waals surface area contributed by atoms with E-state index in [0.29, 0.717) is 16.3 Å². The number of carbonyl (C=O) groups excluding carboxylic acids is 1. The van der Waals surface area contributed by atoms with Gasteiger partial charge in [-0.3, -0.25) is 4.79 Å². The van der Waals surface area contributed by atoms with Crippen LogP contribution in [0.15, 0.2) is 60.0 Å². The van der Waals surface area contributed by atoms with Gasteiger partial charge in [0.1, 0.15) is 0 Å². The van der Waals surface area contributed by atoms with Gasteiger partial charge in [0.15, 0.2) is 9.84 Å². The van der Waals surface area contributed by atoms with E-state index in [9.17, 15) is 13.2 Å². The van der Waals surface area contributed by atoms with Gasteiger partial charge in [0, 0.05) is 21.7 Å². The molecule has 6 heteroatoms. The highest BCUT2D eigenvalue weighted by molar-refractivity contribution is 7.94. The van der Waals surface area contributed by atoms with E-state index in [1.807, 2.05) is 13.0 Å². The molecule has 3 rings (SSSR count). The van der Waals surface area contributed by atoms with Crippen molar-refractivity contribution in [2.24, 2.45) is 0 Å². The molecule has 124 valence electrons. The van der Waals surface area contributed by atoms with E-state index in [4.69, 9.17) is 11.6 Å². The molecule has 1 aliphatic heterocycles. The molecule has 0 bridgehead atoms. The lowest BCUT2D eigenvalue weighted by molar-refractivity contribution is 0.0983. The Morgan fingerprint density at radius 3 is 2.54 bits per heavy atom.